The third kappa shape index (κ3) is 4.59. The Hall–Kier alpha value is -3.79. The normalized spacial score (nSPS) is 11.2. The Kier molecular flexibility index (Phi) is 5.87. The average molecular weight is 458 g/mol. The van der Waals surface area contributed by atoms with Crippen LogP contribution in [-0.2, 0) is 6.18 Å². The molecule has 32 heavy (non-hydrogen) atoms. The molecule has 0 aliphatic carbocycles. The molecule has 6 nitrogen and oxygen atoms in total. The van der Waals surface area contributed by atoms with Crippen molar-refractivity contribution in [2.75, 3.05) is 17.7 Å². The second kappa shape index (κ2) is 8.75. The summed E-state index contributed by atoms with van der Waals surface area (Å²) in [5, 5.41) is 10.9. The summed E-state index contributed by atoms with van der Waals surface area (Å²) in [6.07, 6.45) is -4.56. The second-order valence-corrected chi connectivity index (χ2v) is 7.58. The highest BCUT2D eigenvalue weighted by Gasteiger charge is 2.35. The van der Waals surface area contributed by atoms with E-state index in [1.54, 1.807) is 66.0 Å². The smallest absolute Gasteiger partial charge is 0.435 e. The number of thiophene rings is 1. The third-order valence-corrected chi connectivity index (χ3v) is 5.39. The molecule has 0 aliphatic rings. The molecule has 2 aromatic heterocycles. The minimum atomic E-state index is -4.56. The summed E-state index contributed by atoms with van der Waals surface area (Å²) in [6.45, 7) is 0. The van der Waals surface area contributed by atoms with Gasteiger partial charge in [0.15, 0.2) is 5.69 Å². The van der Waals surface area contributed by atoms with Gasteiger partial charge < -0.3 is 15.4 Å². The Morgan fingerprint density at radius 1 is 1.03 bits per heavy atom. The van der Waals surface area contributed by atoms with Gasteiger partial charge in [-0.2, -0.15) is 18.3 Å². The fourth-order valence-corrected chi connectivity index (χ4v) is 3.76. The zero-order valence-electron chi connectivity index (χ0n) is 16.7. The van der Waals surface area contributed by atoms with E-state index in [1.807, 2.05) is 0 Å². The Balaban J connectivity index is 1.55. The number of hydrogen-bond acceptors (Lipinski definition) is 4. The van der Waals surface area contributed by atoms with E-state index in [9.17, 15) is 18.0 Å². The van der Waals surface area contributed by atoms with Crippen molar-refractivity contribution in [2.24, 2.45) is 0 Å². The molecule has 0 bridgehead atoms. The minimum absolute atomic E-state index is 0.335. The molecule has 0 radical (unpaired) electrons. The standard InChI is InChI=1S/C22H17F3N4O2S/c1-31-18-6-3-2-5-16(18)27-21(30)26-14-8-10-15(11-9-14)29-17(19-7-4-12-32-19)13-20(28-29)22(23,24)25/h2-13H,1H3,(H2,26,27,30). The van der Waals surface area contributed by atoms with Crippen molar-refractivity contribution in [1.82, 2.24) is 9.78 Å². The van der Waals surface area contributed by atoms with Crippen LogP contribution in [-0.4, -0.2) is 22.9 Å². The number of alkyl halides is 3. The molecule has 0 saturated heterocycles. The molecular formula is C22H17F3N4O2S. The van der Waals surface area contributed by atoms with Gasteiger partial charge >= 0.3 is 12.2 Å². The van der Waals surface area contributed by atoms with E-state index < -0.39 is 17.9 Å². The lowest BCUT2D eigenvalue weighted by molar-refractivity contribution is -0.141. The number of urea groups is 1. The molecule has 10 heteroatoms. The van der Waals surface area contributed by atoms with Crippen LogP contribution in [0.15, 0.2) is 72.1 Å². The van der Waals surface area contributed by atoms with Crippen LogP contribution in [0.2, 0.25) is 0 Å². The second-order valence-electron chi connectivity index (χ2n) is 6.63. The first-order valence-corrected chi connectivity index (χ1v) is 10.3. The van der Waals surface area contributed by atoms with Crippen molar-refractivity contribution in [2.45, 2.75) is 6.18 Å². The summed E-state index contributed by atoms with van der Waals surface area (Å²) in [5.41, 5.74) is 0.753. The largest absolute Gasteiger partial charge is 0.495 e. The van der Waals surface area contributed by atoms with Crippen molar-refractivity contribution >= 4 is 28.7 Å². The predicted molar refractivity (Wildman–Crippen MR) is 118 cm³/mol. The van der Waals surface area contributed by atoms with Crippen molar-refractivity contribution in [3.8, 4) is 22.0 Å². The van der Waals surface area contributed by atoms with E-state index in [2.05, 4.69) is 15.7 Å². The number of methoxy groups -OCH3 is 1. The first kappa shape index (κ1) is 21.4. The Labute approximate surface area is 185 Å². The number of nitrogens with one attached hydrogen (secondary N) is 2. The van der Waals surface area contributed by atoms with Gasteiger partial charge in [-0.05, 0) is 53.9 Å². The van der Waals surface area contributed by atoms with Gasteiger partial charge in [0.05, 0.1) is 29.1 Å². The molecule has 0 atom stereocenters. The van der Waals surface area contributed by atoms with Crippen molar-refractivity contribution < 1.29 is 22.7 Å². The number of para-hydroxylation sites is 2. The number of benzene rings is 2. The minimum Gasteiger partial charge on any atom is -0.495 e. The molecule has 0 spiro atoms. The fraction of sp³-hybridized carbons (Fsp3) is 0.0909. The molecule has 4 rings (SSSR count). The average Bonchev–Trinajstić information content (AvgIpc) is 3.44. The summed E-state index contributed by atoms with van der Waals surface area (Å²) >= 11 is 1.32. The van der Waals surface area contributed by atoms with Crippen LogP contribution >= 0.6 is 11.3 Å². The zero-order chi connectivity index (χ0) is 22.7. The molecule has 2 heterocycles. The number of rotatable bonds is 5. The van der Waals surface area contributed by atoms with Crippen LogP contribution in [0.5, 0.6) is 5.75 Å². The van der Waals surface area contributed by atoms with Gasteiger partial charge in [-0.15, -0.1) is 11.3 Å². The van der Waals surface area contributed by atoms with E-state index in [4.69, 9.17) is 4.74 Å². The van der Waals surface area contributed by atoms with Crippen LogP contribution in [0.3, 0.4) is 0 Å². The molecule has 0 saturated carbocycles. The maximum absolute atomic E-state index is 13.2. The number of nitrogens with zero attached hydrogens (tertiary/aromatic N) is 2. The number of aromatic nitrogens is 2. The van der Waals surface area contributed by atoms with Gasteiger partial charge in [0.25, 0.3) is 0 Å². The summed E-state index contributed by atoms with van der Waals surface area (Å²) in [6, 6.07) is 17.3. The molecule has 2 N–H and O–H groups in total. The van der Waals surface area contributed by atoms with Crippen LogP contribution in [0.4, 0.5) is 29.3 Å². The van der Waals surface area contributed by atoms with Crippen molar-refractivity contribution in [3.05, 3.63) is 77.8 Å². The fourth-order valence-electron chi connectivity index (χ4n) is 3.03. The van der Waals surface area contributed by atoms with E-state index in [0.717, 1.165) is 6.07 Å². The zero-order valence-corrected chi connectivity index (χ0v) is 17.5. The first-order chi connectivity index (χ1) is 15.3. The van der Waals surface area contributed by atoms with Gasteiger partial charge in [-0.3, -0.25) is 0 Å². The van der Waals surface area contributed by atoms with Crippen LogP contribution in [0.25, 0.3) is 16.3 Å². The third-order valence-electron chi connectivity index (χ3n) is 4.50. The number of carbonyl (C=O) groups is 1. The summed E-state index contributed by atoms with van der Waals surface area (Å²) in [4.78, 5) is 13.0. The number of carbonyl (C=O) groups excluding carboxylic acids is 1. The Bertz CT molecular complexity index is 1220. The van der Waals surface area contributed by atoms with Gasteiger partial charge in [0, 0.05) is 5.69 Å². The van der Waals surface area contributed by atoms with Gasteiger partial charge in [0.1, 0.15) is 5.75 Å². The number of ether oxygens (including phenoxy) is 1. The molecule has 0 unspecified atom stereocenters. The molecule has 0 fully saturated rings. The monoisotopic (exact) mass is 458 g/mol. The number of amides is 2. The topological polar surface area (TPSA) is 68.2 Å². The van der Waals surface area contributed by atoms with Gasteiger partial charge in [-0.1, -0.05) is 18.2 Å². The summed E-state index contributed by atoms with van der Waals surface area (Å²) in [7, 11) is 1.50. The number of hydrogen-bond donors (Lipinski definition) is 2. The highest BCUT2D eigenvalue weighted by atomic mass is 32.1. The van der Waals surface area contributed by atoms with Crippen LogP contribution < -0.4 is 15.4 Å². The molecule has 2 aromatic carbocycles. The molecule has 4 aromatic rings. The highest BCUT2D eigenvalue weighted by Crippen LogP contribution is 2.35. The molecular weight excluding hydrogens is 441 g/mol. The van der Waals surface area contributed by atoms with Crippen LogP contribution in [0.1, 0.15) is 5.69 Å². The van der Waals surface area contributed by atoms with Crippen LogP contribution in [0, 0.1) is 0 Å². The summed E-state index contributed by atoms with van der Waals surface area (Å²) < 4.78 is 46.2. The van der Waals surface area contributed by atoms with E-state index >= 15 is 0 Å². The number of halogens is 3. The first-order valence-electron chi connectivity index (χ1n) is 9.38. The maximum Gasteiger partial charge on any atom is 0.435 e. The lowest BCUT2D eigenvalue weighted by Gasteiger charge is -2.12. The van der Waals surface area contributed by atoms with Crippen molar-refractivity contribution in [3.63, 3.8) is 0 Å². The lowest BCUT2D eigenvalue weighted by Crippen LogP contribution is -2.19. The van der Waals surface area contributed by atoms with E-state index in [1.165, 1.54) is 23.1 Å². The lowest BCUT2D eigenvalue weighted by atomic mass is 10.2. The van der Waals surface area contributed by atoms with Crippen molar-refractivity contribution in [1.29, 1.82) is 0 Å². The summed E-state index contributed by atoms with van der Waals surface area (Å²) in [5.74, 6) is 0.512. The maximum atomic E-state index is 13.2. The Morgan fingerprint density at radius 3 is 2.44 bits per heavy atom. The molecule has 164 valence electrons. The number of anilines is 2. The predicted octanol–water partition coefficient (Wildman–Crippen LogP) is 6.27. The SMILES string of the molecule is COc1ccccc1NC(=O)Nc1ccc(-n2nc(C(F)(F)F)cc2-c2cccs2)cc1. The van der Waals surface area contributed by atoms with E-state index in [0.29, 0.717) is 33.4 Å². The van der Waals surface area contributed by atoms with E-state index in [-0.39, 0.29) is 0 Å². The molecule has 2 amide bonds. The molecule has 0 aliphatic heterocycles. The van der Waals surface area contributed by atoms with Gasteiger partial charge in [-0.25, -0.2) is 9.48 Å². The Morgan fingerprint density at radius 2 is 1.78 bits per heavy atom. The highest BCUT2D eigenvalue weighted by molar-refractivity contribution is 7.13. The van der Waals surface area contributed by atoms with Gasteiger partial charge in [0.2, 0.25) is 0 Å². The quantitative estimate of drug-likeness (QED) is 0.370.